The second-order valence-electron chi connectivity index (χ2n) is 17.2. The normalized spacial score (nSPS) is 12.2. The van der Waals surface area contributed by atoms with Crippen LogP contribution in [0.3, 0.4) is 0 Å². The van der Waals surface area contributed by atoms with Gasteiger partial charge in [0, 0.05) is 0 Å². The van der Waals surface area contributed by atoms with Crippen molar-refractivity contribution >= 4 is 53.9 Å². The molecule has 0 saturated carbocycles. The molecule has 62 heavy (non-hydrogen) atoms. The summed E-state index contributed by atoms with van der Waals surface area (Å²) in [6, 6.07) is 81.9. The predicted octanol–water partition coefficient (Wildman–Crippen LogP) is 17.4. The van der Waals surface area contributed by atoms with Crippen molar-refractivity contribution in [3.63, 3.8) is 0 Å². The number of rotatable bonds is 4. The van der Waals surface area contributed by atoms with E-state index in [0.29, 0.717) is 0 Å². The van der Waals surface area contributed by atoms with Gasteiger partial charge in [0.25, 0.3) is 0 Å². The highest BCUT2D eigenvalue weighted by Crippen LogP contribution is 2.54. The highest BCUT2D eigenvalue weighted by molar-refractivity contribution is 6.26. The second-order valence-corrected chi connectivity index (χ2v) is 17.2. The molecule has 0 amide bonds. The first-order valence-electron chi connectivity index (χ1n) is 21.6. The van der Waals surface area contributed by atoms with E-state index >= 15 is 0 Å². The first kappa shape index (κ1) is 33.7. The Balaban J connectivity index is 0.994. The monoisotopic (exact) mass is 780 g/mol. The van der Waals surface area contributed by atoms with Crippen molar-refractivity contribution < 1.29 is 0 Å². The molecule has 0 radical (unpaired) electrons. The standard InChI is InChI=1S/C62H36/c1-5-13-37(14-6-1)43-25-47-27-45(39-17-9-3-10-18-39)33-59-55-35-51-41(29-53(55)57(31-43)61(47)59)21-23-50-49(51)24-22-42-30-54-56(36-52(42)50)60-34-46(40-19-11-4-12-20-40)28-48-26-44(32-58(54)62(48)60)38-15-7-2-8-16-38/h1-36H. The molecule has 0 atom stereocenters. The zero-order valence-corrected chi connectivity index (χ0v) is 33.8. The molecule has 0 heteroatoms. The van der Waals surface area contributed by atoms with Crippen LogP contribution < -0.4 is 0 Å². The fraction of sp³-hybridized carbons (Fsp3) is 0. The Labute approximate surface area is 359 Å². The lowest BCUT2D eigenvalue weighted by atomic mass is 9.91. The van der Waals surface area contributed by atoms with Crippen LogP contribution in [0.4, 0.5) is 0 Å². The molecular formula is C62H36. The Kier molecular flexibility index (Phi) is 6.92. The van der Waals surface area contributed by atoms with Crippen molar-refractivity contribution in [3.05, 3.63) is 218 Å². The van der Waals surface area contributed by atoms with Gasteiger partial charge in [-0.3, -0.25) is 0 Å². The molecule has 0 aliphatic heterocycles. The molecule has 2 aliphatic rings. The molecule has 284 valence electrons. The van der Waals surface area contributed by atoms with E-state index in [-0.39, 0.29) is 0 Å². The molecular weight excluding hydrogens is 745 g/mol. The van der Waals surface area contributed by atoms with Crippen LogP contribution in [-0.2, 0) is 0 Å². The summed E-state index contributed by atoms with van der Waals surface area (Å²) in [6.45, 7) is 0. The molecule has 0 nitrogen and oxygen atoms in total. The third-order valence-corrected chi connectivity index (χ3v) is 13.8. The third-order valence-electron chi connectivity index (χ3n) is 13.8. The van der Waals surface area contributed by atoms with E-state index in [1.807, 2.05) is 0 Å². The maximum absolute atomic E-state index is 2.49. The minimum Gasteiger partial charge on any atom is -0.0622 e. The summed E-state index contributed by atoms with van der Waals surface area (Å²) in [5.41, 5.74) is 20.5. The molecule has 0 unspecified atom stereocenters. The molecule has 0 heterocycles. The van der Waals surface area contributed by atoms with Crippen LogP contribution in [0.2, 0.25) is 0 Å². The highest BCUT2D eigenvalue weighted by Gasteiger charge is 2.27. The highest BCUT2D eigenvalue weighted by atomic mass is 14.3. The van der Waals surface area contributed by atoms with Gasteiger partial charge < -0.3 is 0 Å². The van der Waals surface area contributed by atoms with Crippen LogP contribution in [0.15, 0.2) is 218 Å². The second kappa shape index (κ2) is 12.7. The summed E-state index contributed by atoms with van der Waals surface area (Å²) in [5, 5.41) is 13.0. The molecule has 0 N–H and O–H groups in total. The molecule has 0 saturated heterocycles. The molecule has 2 aliphatic carbocycles. The quantitative estimate of drug-likeness (QED) is 0.156. The molecule has 0 bridgehead atoms. The van der Waals surface area contributed by atoms with Crippen molar-refractivity contribution in [1.29, 1.82) is 0 Å². The van der Waals surface area contributed by atoms with E-state index in [4.69, 9.17) is 0 Å². The van der Waals surface area contributed by atoms with E-state index in [9.17, 15) is 0 Å². The summed E-state index contributed by atoms with van der Waals surface area (Å²) >= 11 is 0. The predicted molar refractivity (Wildman–Crippen MR) is 265 cm³/mol. The first-order valence-corrected chi connectivity index (χ1v) is 21.6. The first-order chi connectivity index (χ1) is 30.7. The largest absolute Gasteiger partial charge is 0.0622 e. The van der Waals surface area contributed by atoms with Gasteiger partial charge >= 0.3 is 0 Å². The van der Waals surface area contributed by atoms with E-state index in [2.05, 4.69) is 218 Å². The van der Waals surface area contributed by atoms with Crippen molar-refractivity contribution in [3.8, 4) is 89.0 Å². The fourth-order valence-corrected chi connectivity index (χ4v) is 10.9. The fourth-order valence-electron chi connectivity index (χ4n) is 10.9. The van der Waals surface area contributed by atoms with Crippen molar-refractivity contribution in [2.45, 2.75) is 0 Å². The molecule has 0 spiro atoms. The van der Waals surface area contributed by atoms with E-state index in [1.165, 1.54) is 143 Å². The average molecular weight is 781 g/mol. The maximum Gasteiger partial charge on any atom is -0.00255 e. The van der Waals surface area contributed by atoms with Gasteiger partial charge in [0.1, 0.15) is 0 Å². The Bertz CT molecular complexity index is 3590. The van der Waals surface area contributed by atoms with Gasteiger partial charge in [-0.05, 0) is 216 Å². The number of hydrogen-bond acceptors (Lipinski definition) is 0. The Hall–Kier alpha value is -8.06. The summed E-state index contributed by atoms with van der Waals surface area (Å²) < 4.78 is 0. The van der Waals surface area contributed by atoms with Gasteiger partial charge in [-0.2, -0.15) is 0 Å². The van der Waals surface area contributed by atoms with Gasteiger partial charge in [-0.1, -0.05) is 146 Å². The number of fused-ring (bicyclic) bond motifs is 11. The van der Waals surface area contributed by atoms with Crippen molar-refractivity contribution in [2.24, 2.45) is 0 Å². The van der Waals surface area contributed by atoms with E-state index in [1.54, 1.807) is 0 Å². The summed E-state index contributed by atoms with van der Waals surface area (Å²) in [6.07, 6.45) is 0. The Morgan fingerprint density at radius 2 is 0.452 bits per heavy atom. The lowest BCUT2D eigenvalue weighted by Crippen LogP contribution is -1.86. The van der Waals surface area contributed by atoms with E-state index < -0.39 is 0 Å². The van der Waals surface area contributed by atoms with Gasteiger partial charge in [0.05, 0.1) is 0 Å². The van der Waals surface area contributed by atoms with Gasteiger partial charge in [-0.15, -0.1) is 0 Å². The van der Waals surface area contributed by atoms with Gasteiger partial charge in [0.2, 0.25) is 0 Å². The summed E-state index contributed by atoms with van der Waals surface area (Å²) in [7, 11) is 0. The van der Waals surface area contributed by atoms with Crippen LogP contribution in [-0.4, -0.2) is 0 Å². The zero-order valence-electron chi connectivity index (χ0n) is 33.8. The van der Waals surface area contributed by atoms with Gasteiger partial charge in [0.15, 0.2) is 0 Å². The third kappa shape index (κ3) is 4.89. The lowest BCUT2D eigenvalue weighted by Gasteiger charge is -2.13. The summed E-state index contributed by atoms with van der Waals surface area (Å²) in [4.78, 5) is 0. The van der Waals surface area contributed by atoms with Crippen LogP contribution in [0.25, 0.3) is 143 Å². The van der Waals surface area contributed by atoms with Crippen molar-refractivity contribution in [1.82, 2.24) is 0 Å². The minimum absolute atomic E-state index is 1.24. The molecule has 12 aromatic rings. The Morgan fingerprint density at radius 3 is 0.758 bits per heavy atom. The van der Waals surface area contributed by atoms with Crippen LogP contribution in [0.1, 0.15) is 0 Å². The van der Waals surface area contributed by atoms with Crippen LogP contribution in [0, 0.1) is 0 Å². The SMILES string of the molecule is c1ccc(-c2cc3c4c(cc(-c5ccccc5)cc4c2)-c2cc4c(ccc5c6cc7c(cc6ccc45)-c4cc(-c5ccccc5)cc5cc(-c6ccccc6)cc-7c45)cc2-3)cc1. The molecule has 0 aromatic heterocycles. The van der Waals surface area contributed by atoms with Crippen LogP contribution in [0.5, 0.6) is 0 Å². The van der Waals surface area contributed by atoms with Gasteiger partial charge in [-0.25, -0.2) is 0 Å². The molecule has 0 fully saturated rings. The van der Waals surface area contributed by atoms with Crippen LogP contribution >= 0.6 is 0 Å². The number of hydrogen-bond donors (Lipinski definition) is 0. The molecule has 14 rings (SSSR count). The lowest BCUT2D eigenvalue weighted by molar-refractivity contribution is 1.63. The maximum atomic E-state index is 2.49. The average Bonchev–Trinajstić information content (AvgIpc) is 3.82. The number of benzene rings is 12. The molecule has 12 aromatic carbocycles. The van der Waals surface area contributed by atoms with Crippen molar-refractivity contribution in [2.75, 3.05) is 0 Å². The zero-order chi connectivity index (χ0) is 40.5. The minimum atomic E-state index is 1.24. The smallest absolute Gasteiger partial charge is 0.00255 e. The Morgan fingerprint density at radius 1 is 0.161 bits per heavy atom. The van der Waals surface area contributed by atoms with E-state index in [0.717, 1.165) is 0 Å². The topological polar surface area (TPSA) is 0 Å². The summed E-state index contributed by atoms with van der Waals surface area (Å²) in [5.74, 6) is 0.